The third-order valence-corrected chi connectivity index (χ3v) is 25.7. The second-order valence-electron chi connectivity index (χ2n) is 33.5. The molecule has 1 aromatic heterocycles. The molecule has 2 nitrogen and oxygen atoms in total. The molecule has 0 amide bonds. The van der Waals surface area contributed by atoms with Crippen molar-refractivity contribution in [3.8, 4) is 0 Å². The number of hydrogen-bond acceptors (Lipinski definition) is 3. The monoisotopic (exact) mass is 1110 g/mol. The van der Waals surface area contributed by atoms with Crippen LogP contribution in [0.5, 0.6) is 0 Å². The van der Waals surface area contributed by atoms with Crippen LogP contribution in [0.4, 0.5) is 17.1 Å². The van der Waals surface area contributed by atoms with Crippen LogP contribution in [0.1, 0.15) is 246 Å². The van der Waals surface area contributed by atoms with Crippen LogP contribution >= 0.6 is 11.3 Å². The zero-order chi connectivity index (χ0) is 57.5. The van der Waals surface area contributed by atoms with E-state index in [-0.39, 0.29) is 56.5 Å². The molecule has 0 radical (unpaired) electrons. The SMILES string of the molecule is CC1(C)CCC(C)(C)C2=CC(c3ccccc3)=C(N3c4cc5c(cc4B4c6sc7cc8c(cc7c6N(c6ccc(C(C)(C)C)cc6)C6=CC([C@@]79CCCCCC(CCC7)C9)C[C@@H]3C46)C(C)(C)CCC8(C)C)C(C)(C)CCC5(C)C)CC=C21. The lowest BCUT2D eigenvalue weighted by molar-refractivity contribution is 0.0490. The van der Waals surface area contributed by atoms with Gasteiger partial charge in [-0.05, 0) is 206 Å². The van der Waals surface area contributed by atoms with Gasteiger partial charge in [-0.3, -0.25) is 0 Å². The maximum absolute atomic E-state index is 3.14. The maximum Gasteiger partial charge on any atom is 0.238 e. The van der Waals surface area contributed by atoms with Gasteiger partial charge in [0.1, 0.15) is 0 Å². The van der Waals surface area contributed by atoms with Crippen molar-refractivity contribution in [2.75, 3.05) is 9.80 Å². The van der Waals surface area contributed by atoms with Crippen molar-refractivity contribution in [2.45, 2.75) is 252 Å². The van der Waals surface area contributed by atoms with E-state index in [1.54, 1.807) is 49.3 Å². The molecule has 3 unspecified atom stereocenters. The summed E-state index contributed by atoms with van der Waals surface area (Å²) in [7, 11) is 0. The van der Waals surface area contributed by atoms with Crippen LogP contribution < -0.4 is 20.0 Å². The van der Waals surface area contributed by atoms with Gasteiger partial charge >= 0.3 is 0 Å². The van der Waals surface area contributed by atoms with Crippen LogP contribution in [-0.4, -0.2) is 12.8 Å². The van der Waals surface area contributed by atoms with E-state index in [2.05, 4.69) is 222 Å². The van der Waals surface area contributed by atoms with Crippen LogP contribution in [0, 0.1) is 28.1 Å². The van der Waals surface area contributed by atoms with E-state index in [0.29, 0.717) is 11.3 Å². The van der Waals surface area contributed by atoms with E-state index < -0.39 is 0 Å². The van der Waals surface area contributed by atoms with Gasteiger partial charge in [-0.15, -0.1) is 11.3 Å². The molecule has 7 aliphatic carbocycles. The molecule has 3 heterocycles. The average Bonchev–Trinajstić information content (AvgIpc) is 1.28. The Bertz CT molecular complexity index is 3540. The van der Waals surface area contributed by atoms with Crippen LogP contribution in [0.2, 0.25) is 5.82 Å². The average molecular weight is 1110 g/mol. The fourth-order valence-corrected chi connectivity index (χ4v) is 20.4. The molecule has 82 heavy (non-hydrogen) atoms. The highest BCUT2D eigenvalue weighted by Gasteiger charge is 2.59. The summed E-state index contributed by atoms with van der Waals surface area (Å²) in [6, 6.07) is 33.3. The number of thiophene rings is 1. The largest absolute Gasteiger partial charge is 0.342 e. The number of fused-ring (bicyclic) bond motifs is 11. The minimum absolute atomic E-state index is 0.0584. The maximum atomic E-state index is 3.14. The third kappa shape index (κ3) is 8.61. The van der Waals surface area contributed by atoms with Crippen molar-refractivity contribution in [3.63, 3.8) is 0 Å². The zero-order valence-electron chi connectivity index (χ0n) is 53.4. The summed E-state index contributed by atoms with van der Waals surface area (Å²) >= 11 is 2.18. The van der Waals surface area contributed by atoms with Crippen LogP contribution in [0.15, 0.2) is 120 Å². The van der Waals surface area contributed by atoms with E-state index in [4.69, 9.17) is 0 Å². The van der Waals surface area contributed by atoms with Gasteiger partial charge in [0, 0.05) is 61.5 Å². The molecule has 9 aliphatic rings. The predicted octanol–water partition coefficient (Wildman–Crippen LogP) is 20.8. The first kappa shape index (κ1) is 55.3. The normalized spacial score (nSPS) is 29.1. The summed E-state index contributed by atoms with van der Waals surface area (Å²) in [6.07, 6.45) is 30.5. The third-order valence-electron chi connectivity index (χ3n) is 24.5. The van der Waals surface area contributed by atoms with Crippen LogP contribution in [0.3, 0.4) is 0 Å². The van der Waals surface area contributed by atoms with Crippen molar-refractivity contribution in [2.24, 2.45) is 28.1 Å². The Morgan fingerprint density at radius 2 is 1.20 bits per heavy atom. The van der Waals surface area contributed by atoms with Crippen LogP contribution in [-0.2, 0) is 27.1 Å². The minimum atomic E-state index is 0.0584. The molecule has 5 aromatic rings. The van der Waals surface area contributed by atoms with Crippen molar-refractivity contribution < 1.29 is 0 Å². The quantitative estimate of drug-likeness (QED) is 0.166. The highest BCUT2D eigenvalue weighted by molar-refractivity contribution is 7.32. The lowest BCUT2D eigenvalue weighted by Crippen LogP contribution is -2.65. The Kier molecular flexibility index (Phi) is 12.6. The van der Waals surface area contributed by atoms with Gasteiger partial charge in [0.15, 0.2) is 0 Å². The van der Waals surface area contributed by atoms with Gasteiger partial charge in [-0.25, -0.2) is 0 Å². The van der Waals surface area contributed by atoms with E-state index >= 15 is 0 Å². The standard InChI is InChI=1S/C78H99BN2S/c1-71(2,3)51-27-29-53(30-28-51)80-65-41-52(78-33-21-17-18-23-49(48-78)24-22-34-78)42-66-68(65)79(70-69(80)55-44-58-61(47-67(55)82-70)77(14,15)40-37-74(58,8)9)62-45-59-60(76(12,13)39-38-75(59,10)11)46-64(62)81(66)63-32-31-56-57(73(6,7)36-35-72(56,4)5)43-54(63)50-25-19-16-20-26-50/h16,19-20,25-31,41,43-47,49,52,66,68H,17-18,21-24,32-40,42,48H2,1-15H3/t49?,52?,66-,68?,78+/m1/s1. The van der Waals surface area contributed by atoms with Gasteiger partial charge in [-0.1, -0.05) is 203 Å². The van der Waals surface area contributed by atoms with E-state index in [1.165, 1.54) is 152 Å². The molecule has 2 aliphatic heterocycles. The molecular formula is C78H99BN2S. The van der Waals surface area contributed by atoms with Gasteiger partial charge < -0.3 is 9.80 Å². The first-order valence-electron chi connectivity index (χ1n) is 33.1. The topological polar surface area (TPSA) is 6.48 Å². The van der Waals surface area contributed by atoms with Gasteiger partial charge in [0.05, 0.1) is 5.69 Å². The molecule has 5 atom stereocenters. The molecule has 14 rings (SSSR count). The van der Waals surface area contributed by atoms with Crippen molar-refractivity contribution in [1.29, 1.82) is 0 Å². The summed E-state index contributed by atoms with van der Waals surface area (Å²) in [6.45, 7) is 38.0. The molecule has 0 N–H and O–H groups in total. The first-order chi connectivity index (χ1) is 38.7. The Morgan fingerprint density at radius 3 is 1.87 bits per heavy atom. The summed E-state index contributed by atoms with van der Waals surface area (Å²) in [5.41, 5.74) is 23.7. The highest BCUT2D eigenvalue weighted by Crippen LogP contribution is 2.63. The fraction of sp³-hybridized carbons (Fsp3) is 0.564. The lowest BCUT2D eigenvalue weighted by atomic mass is 9.29. The van der Waals surface area contributed by atoms with Crippen molar-refractivity contribution in [3.05, 3.63) is 153 Å². The summed E-state index contributed by atoms with van der Waals surface area (Å²) in [5, 5.41) is 1.48. The Balaban J connectivity index is 1.13. The number of benzene rings is 4. The molecule has 430 valence electrons. The van der Waals surface area contributed by atoms with Gasteiger partial charge in [0.25, 0.3) is 0 Å². The number of allylic oxidation sites excluding steroid dienone is 6. The Labute approximate surface area is 500 Å². The Morgan fingerprint density at radius 1 is 0.598 bits per heavy atom. The summed E-state index contributed by atoms with van der Waals surface area (Å²) in [5.74, 6) is 1.57. The van der Waals surface area contributed by atoms with E-state index in [0.717, 1.165) is 12.3 Å². The molecule has 0 saturated heterocycles. The number of rotatable bonds is 4. The number of anilines is 3. The van der Waals surface area contributed by atoms with Crippen molar-refractivity contribution >= 4 is 61.0 Å². The van der Waals surface area contributed by atoms with Crippen LogP contribution in [0.25, 0.3) is 15.7 Å². The van der Waals surface area contributed by atoms with E-state index in [1.807, 2.05) is 0 Å². The minimum Gasteiger partial charge on any atom is -0.342 e. The van der Waals surface area contributed by atoms with E-state index in [9.17, 15) is 0 Å². The highest BCUT2D eigenvalue weighted by atomic mass is 32.1. The second-order valence-corrected chi connectivity index (χ2v) is 34.6. The van der Waals surface area contributed by atoms with Gasteiger partial charge in [-0.2, -0.15) is 0 Å². The number of hydrogen-bond donors (Lipinski definition) is 0. The smallest absolute Gasteiger partial charge is 0.238 e. The predicted molar refractivity (Wildman–Crippen MR) is 356 cm³/mol. The number of nitrogens with zero attached hydrogens (tertiary/aromatic N) is 2. The summed E-state index contributed by atoms with van der Waals surface area (Å²) < 4.78 is 3.09. The fourth-order valence-electron chi connectivity index (χ4n) is 19.0. The lowest BCUT2D eigenvalue weighted by Gasteiger charge is -2.58. The molecule has 3 fully saturated rings. The zero-order valence-corrected chi connectivity index (χ0v) is 54.3. The summed E-state index contributed by atoms with van der Waals surface area (Å²) in [4.78, 5) is 6.09. The molecule has 2 bridgehead atoms. The van der Waals surface area contributed by atoms with Crippen molar-refractivity contribution in [1.82, 2.24) is 0 Å². The molecular weight excluding hydrogens is 1010 g/mol. The molecule has 4 aromatic carbocycles. The second kappa shape index (κ2) is 18.7. The Hall–Kier alpha value is -4.54. The van der Waals surface area contributed by atoms with Gasteiger partial charge in [0.2, 0.25) is 6.71 Å². The first-order valence-corrected chi connectivity index (χ1v) is 33.9. The molecule has 3 saturated carbocycles. The molecule has 0 spiro atoms. The molecule has 4 heteroatoms.